The first-order chi connectivity index (χ1) is 8.72. The first-order valence-corrected chi connectivity index (χ1v) is 5.21. The highest BCUT2D eigenvalue weighted by Gasteiger charge is 2.43. The molecule has 1 aromatic rings. The standard InChI is InChI=1S/C11H11F6NO/c12-9(13)5-8(18)6-1-3-7(4-2-6)19-11(16,17)10(14)15/h1-4,8-10H,5,18H2/t8-/m1/s1. The van der Waals surface area contributed by atoms with Crippen LogP contribution in [0.2, 0.25) is 0 Å². The van der Waals surface area contributed by atoms with Gasteiger partial charge in [-0.1, -0.05) is 12.1 Å². The average molecular weight is 287 g/mol. The number of benzene rings is 1. The second-order valence-corrected chi connectivity index (χ2v) is 3.77. The van der Waals surface area contributed by atoms with Crippen LogP contribution >= 0.6 is 0 Å². The quantitative estimate of drug-likeness (QED) is 0.812. The summed E-state index contributed by atoms with van der Waals surface area (Å²) in [4.78, 5) is 0. The molecule has 0 fully saturated rings. The molecular formula is C11H11F6NO. The van der Waals surface area contributed by atoms with Crippen molar-refractivity contribution in [1.82, 2.24) is 0 Å². The number of hydrogen-bond acceptors (Lipinski definition) is 2. The summed E-state index contributed by atoms with van der Waals surface area (Å²) in [5.74, 6) is -0.502. The van der Waals surface area contributed by atoms with E-state index in [1.807, 2.05) is 0 Å². The molecule has 1 atom stereocenters. The zero-order valence-electron chi connectivity index (χ0n) is 9.50. The van der Waals surface area contributed by atoms with E-state index in [4.69, 9.17) is 5.73 Å². The fourth-order valence-corrected chi connectivity index (χ4v) is 1.31. The predicted molar refractivity (Wildman–Crippen MR) is 55.6 cm³/mol. The van der Waals surface area contributed by atoms with Crippen LogP contribution in [0.1, 0.15) is 18.0 Å². The molecule has 0 heterocycles. The molecule has 0 aromatic heterocycles. The number of hydrogen-bond donors (Lipinski definition) is 1. The van der Waals surface area contributed by atoms with Gasteiger partial charge < -0.3 is 10.5 Å². The lowest BCUT2D eigenvalue weighted by Gasteiger charge is -2.17. The first-order valence-electron chi connectivity index (χ1n) is 5.21. The molecule has 8 heteroatoms. The second kappa shape index (κ2) is 6.14. The third-order valence-corrected chi connectivity index (χ3v) is 2.25. The highest BCUT2D eigenvalue weighted by atomic mass is 19.3. The van der Waals surface area contributed by atoms with Crippen LogP contribution in [0.3, 0.4) is 0 Å². The van der Waals surface area contributed by atoms with Gasteiger partial charge in [0.25, 0.3) is 0 Å². The third-order valence-electron chi connectivity index (χ3n) is 2.25. The van der Waals surface area contributed by atoms with Crippen molar-refractivity contribution in [2.75, 3.05) is 0 Å². The molecule has 0 unspecified atom stereocenters. The summed E-state index contributed by atoms with van der Waals surface area (Å²) in [6.07, 6.45) is -11.8. The lowest BCUT2D eigenvalue weighted by molar-refractivity contribution is -0.253. The number of ether oxygens (including phenoxy) is 1. The second-order valence-electron chi connectivity index (χ2n) is 3.77. The molecule has 108 valence electrons. The summed E-state index contributed by atoms with van der Waals surface area (Å²) in [6.45, 7) is 0. The van der Waals surface area contributed by atoms with E-state index >= 15 is 0 Å². The Morgan fingerprint density at radius 2 is 1.58 bits per heavy atom. The summed E-state index contributed by atoms with van der Waals surface area (Å²) < 4.78 is 76.8. The molecule has 0 radical (unpaired) electrons. The maximum absolute atomic E-state index is 12.6. The minimum Gasteiger partial charge on any atom is -0.428 e. The van der Waals surface area contributed by atoms with Gasteiger partial charge in [0, 0.05) is 12.5 Å². The molecule has 0 bridgehead atoms. The van der Waals surface area contributed by atoms with Crippen LogP contribution in [0.25, 0.3) is 0 Å². The van der Waals surface area contributed by atoms with Gasteiger partial charge in [0.1, 0.15) is 5.75 Å². The van der Waals surface area contributed by atoms with Crippen LogP contribution < -0.4 is 10.5 Å². The van der Waals surface area contributed by atoms with E-state index in [-0.39, 0.29) is 5.56 Å². The predicted octanol–water partition coefficient (Wildman–Crippen LogP) is 3.58. The molecule has 1 aromatic carbocycles. The number of halogens is 6. The molecule has 0 aliphatic carbocycles. The molecule has 19 heavy (non-hydrogen) atoms. The Hall–Kier alpha value is -1.44. The minimum absolute atomic E-state index is 0.271. The summed E-state index contributed by atoms with van der Waals surface area (Å²) >= 11 is 0. The van der Waals surface area contributed by atoms with Crippen LogP contribution in [0, 0.1) is 0 Å². The van der Waals surface area contributed by atoms with E-state index in [0.717, 1.165) is 12.1 Å². The fourth-order valence-electron chi connectivity index (χ4n) is 1.31. The first kappa shape index (κ1) is 15.6. The molecule has 0 spiro atoms. The van der Waals surface area contributed by atoms with Crippen molar-refractivity contribution in [1.29, 1.82) is 0 Å². The van der Waals surface area contributed by atoms with E-state index in [1.54, 1.807) is 0 Å². The maximum Gasteiger partial charge on any atom is 0.461 e. The molecule has 0 saturated carbocycles. The molecule has 0 amide bonds. The Kier molecular flexibility index (Phi) is 5.04. The van der Waals surface area contributed by atoms with Gasteiger partial charge in [-0.15, -0.1) is 0 Å². The van der Waals surface area contributed by atoms with Crippen molar-refractivity contribution < 1.29 is 31.1 Å². The largest absolute Gasteiger partial charge is 0.461 e. The smallest absolute Gasteiger partial charge is 0.428 e. The normalized spacial score (nSPS) is 13.9. The monoisotopic (exact) mass is 287 g/mol. The Morgan fingerprint density at radius 3 is 2.00 bits per heavy atom. The van der Waals surface area contributed by atoms with Crippen LogP contribution in [-0.2, 0) is 0 Å². The maximum atomic E-state index is 12.6. The molecule has 0 aliphatic heterocycles. The molecule has 2 nitrogen and oxygen atoms in total. The van der Waals surface area contributed by atoms with Crippen LogP contribution in [-0.4, -0.2) is 19.0 Å². The summed E-state index contributed by atoms with van der Waals surface area (Å²) in [7, 11) is 0. The Morgan fingerprint density at radius 1 is 1.05 bits per heavy atom. The Balaban J connectivity index is 2.71. The van der Waals surface area contributed by atoms with Gasteiger partial charge in [0.2, 0.25) is 6.43 Å². The lowest BCUT2D eigenvalue weighted by Crippen LogP contribution is -2.33. The van der Waals surface area contributed by atoms with Crippen LogP contribution in [0.4, 0.5) is 26.3 Å². The average Bonchev–Trinajstić information content (AvgIpc) is 2.28. The summed E-state index contributed by atoms with van der Waals surface area (Å²) in [5.41, 5.74) is 5.70. The van der Waals surface area contributed by atoms with Gasteiger partial charge in [-0.05, 0) is 17.7 Å². The van der Waals surface area contributed by atoms with Gasteiger partial charge in [-0.3, -0.25) is 0 Å². The van der Waals surface area contributed by atoms with E-state index < -0.39 is 37.2 Å². The van der Waals surface area contributed by atoms with Gasteiger partial charge in [-0.2, -0.15) is 17.6 Å². The Labute approximate surface area is 105 Å². The van der Waals surface area contributed by atoms with Crippen molar-refractivity contribution in [3.8, 4) is 5.75 Å². The third kappa shape index (κ3) is 4.62. The number of alkyl halides is 6. The van der Waals surface area contributed by atoms with E-state index in [9.17, 15) is 26.3 Å². The summed E-state index contributed by atoms with van der Waals surface area (Å²) in [6, 6.07) is 3.31. The van der Waals surface area contributed by atoms with E-state index in [0.29, 0.717) is 0 Å². The van der Waals surface area contributed by atoms with Crippen molar-refractivity contribution in [3.05, 3.63) is 29.8 Å². The molecule has 0 saturated heterocycles. The highest BCUT2D eigenvalue weighted by molar-refractivity contribution is 5.29. The van der Waals surface area contributed by atoms with E-state index in [2.05, 4.69) is 4.74 Å². The molecule has 0 aliphatic rings. The van der Waals surface area contributed by atoms with Gasteiger partial charge in [0.15, 0.2) is 0 Å². The fraction of sp³-hybridized carbons (Fsp3) is 0.455. The van der Waals surface area contributed by atoms with E-state index in [1.165, 1.54) is 12.1 Å². The zero-order valence-corrected chi connectivity index (χ0v) is 9.50. The Bertz CT molecular complexity index is 395. The van der Waals surface area contributed by atoms with Crippen molar-refractivity contribution in [2.45, 2.75) is 31.4 Å². The minimum atomic E-state index is -4.60. The van der Waals surface area contributed by atoms with Gasteiger partial charge >= 0.3 is 12.5 Å². The van der Waals surface area contributed by atoms with Crippen LogP contribution in [0.15, 0.2) is 24.3 Å². The van der Waals surface area contributed by atoms with Crippen molar-refractivity contribution in [2.24, 2.45) is 5.73 Å². The highest BCUT2D eigenvalue weighted by Crippen LogP contribution is 2.28. The van der Waals surface area contributed by atoms with Crippen LogP contribution in [0.5, 0.6) is 5.75 Å². The van der Waals surface area contributed by atoms with Gasteiger partial charge in [0.05, 0.1) is 0 Å². The lowest BCUT2D eigenvalue weighted by atomic mass is 10.1. The van der Waals surface area contributed by atoms with Gasteiger partial charge in [-0.25, -0.2) is 8.78 Å². The molecular weight excluding hydrogens is 276 g/mol. The summed E-state index contributed by atoms with van der Waals surface area (Å²) in [5, 5.41) is 0. The number of nitrogens with two attached hydrogens (primary N) is 1. The number of rotatable bonds is 6. The van der Waals surface area contributed by atoms with Crippen molar-refractivity contribution in [3.63, 3.8) is 0 Å². The van der Waals surface area contributed by atoms with Crippen molar-refractivity contribution >= 4 is 0 Å². The zero-order chi connectivity index (χ0) is 14.6. The topological polar surface area (TPSA) is 35.2 Å². The molecule has 2 N–H and O–H groups in total. The molecule has 1 rings (SSSR count). The SMILES string of the molecule is N[C@H](CC(F)F)c1ccc(OC(F)(F)C(F)F)cc1.